The summed E-state index contributed by atoms with van der Waals surface area (Å²) in [7, 11) is 0. The first kappa shape index (κ1) is 7.66. The molecule has 0 aliphatic heterocycles. The van der Waals surface area contributed by atoms with Gasteiger partial charge in [-0.15, -0.1) is 12.4 Å². The highest BCUT2D eigenvalue weighted by Crippen LogP contribution is 1.98. The summed E-state index contributed by atoms with van der Waals surface area (Å²) in [5, 5.41) is 0.572. The first-order valence-electron chi connectivity index (χ1n) is 1.80. The summed E-state index contributed by atoms with van der Waals surface area (Å²) in [6.45, 7) is 0. The van der Waals surface area contributed by atoms with E-state index >= 15 is 0 Å². The van der Waals surface area contributed by atoms with Crippen LogP contribution in [0.3, 0.4) is 0 Å². The first-order chi connectivity index (χ1) is 3.39. The largest absolute Gasteiger partial charge is 0.243 e. The Morgan fingerprint density at radius 3 is 2.00 bits per heavy atom. The highest BCUT2D eigenvalue weighted by atomic mass is 35.5. The number of aromatic nitrogens is 2. The van der Waals surface area contributed by atoms with Crippen LogP contribution < -0.4 is 0 Å². The molecule has 0 radical (unpaired) electrons. The van der Waals surface area contributed by atoms with Crippen LogP contribution in [-0.2, 0) is 0 Å². The van der Waals surface area contributed by atoms with Gasteiger partial charge >= 0.3 is 0 Å². The maximum absolute atomic E-state index is 5.41. The van der Waals surface area contributed by atoms with Gasteiger partial charge in [-0.3, -0.25) is 0 Å². The smallest absolute Gasteiger partial charge is 0.115 e. The lowest BCUT2D eigenvalue weighted by Gasteiger charge is -1.79. The van der Waals surface area contributed by atoms with Gasteiger partial charge in [0, 0.05) is 12.4 Å². The third kappa shape index (κ3) is 2.09. The van der Waals surface area contributed by atoms with Crippen LogP contribution in [0.2, 0.25) is 5.02 Å². The van der Waals surface area contributed by atoms with E-state index in [1.807, 2.05) is 0 Å². The summed E-state index contributed by atoms with van der Waals surface area (Å²) in [6.07, 6.45) is 4.51. The Hall–Kier alpha value is -0.340. The second-order valence-electron chi connectivity index (χ2n) is 1.06. The van der Waals surface area contributed by atoms with E-state index in [-0.39, 0.29) is 12.4 Å². The molecular formula is C4H4Cl2N2. The van der Waals surface area contributed by atoms with Crippen molar-refractivity contribution in [2.24, 2.45) is 0 Å². The van der Waals surface area contributed by atoms with E-state index in [0.29, 0.717) is 5.02 Å². The summed E-state index contributed by atoms with van der Waals surface area (Å²) in [5.41, 5.74) is 0. The van der Waals surface area contributed by atoms with Gasteiger partial charge in [0.25, 0.3) is 0 Å². The Bertz CT molecular complexity index is 142. The predicted molar refractivity (Wildman–Crippen MR) is 34.3 cm³/mol. The van der Waals surface area contributed by atoms with Crippen LogP contribution in [0.25, 0.3) is 0 Å². The molecule has 0 N–H and O–H groups in total. The van der Waals surface area contributed by atoms with E-state index in [4.69, 9.17) is 11.6 Å². The highest BCUT2D eigenvalue weighted by molar-refractivity contribution is 6.30. The van der Waals surface area contributed by atoms with Gasteiger partial charge in [0.2, 0.25) is 0 Å². The van der Waals surface area contributed by atoms with Gasteiger partial charge in [0.1, 0.15) is 6.33 Å². The zero-order chi connectivity index (χ0) is 5.11. The average molecular weight is 151 g/mol. The van der Waals surface area contributed by atoms with Crippen molar-refractivity contribution in [2.75, 3.05) is 0 Å². The van der Waals surface area contributed by atoms with Gasteiger partial charge in [-0.05, 0) is 0 Å². The number of rotatable bonds is 0. The molecule has 0 saturated carbocycles. The fraction of sp³-hybridized carbons (Fsp3) is 0. The van der Waals surface area contributed by atoms with Crippen molar-refractivity contribution in [2.45, 2.75) is 0 Å². The summed E-state index contributed by atoms with van der Waals surface area (Å²) in [4.78, 5) is 7.28. The number of hydrogen-bond donors (Lipinski definition) is 0. The van der Waals surface area contributed by atoms with E-state index in [2.05, 4.69) is 9.97 Å². The number of hydrogen-bond acceptors (Lipinski definition) is 2. The van der Waals surface area contributed by atoms with E-state index in [1.165, 1.54) is 18.7 Å². The third-order valence-corrected chi connectivity index (χ3v) is 0.724. The molecule has 0 spiro atoms. The van der Waals surface area contributed by atoms with Gasteiger partial charge in [0.15, 0.2) is 0 Å². The van der Waals surface area contributed by atoms with Crippen LogP contribution >= 0.6 is 24.0 Å². The minimum atomic E-state index is 0. The summed E-state index contributed by atoms with van der Waals surface area (Å²) in [6, 6.07) is 0. The van der Waals surface area contributed by atoms with Gasteiger partial charge in [-0.2, -0.15) is 0 Å². The Kier molecular flexibility index (Phi) is 3.48. The van der Waals surface area contributed by atoms with Gasteiger partial charge in [-0.1, -0.05) is 11.6 Å². The summed E-state index contributed by atoms with van der Waals surface area (Å²) >= 11 is 5.41. The fourth-order valence-electron chi connectivity index (χ4n) is 0.281. The monoisotopic (exact) mass is 150 g/mol. The zero-order valence-corrected chi connectivity index (χ0v) is 5.49. The molecule has 1 heterocycles. The van der Waals surface area contributed by atoms with Crippen LogP contribution in [0, 0.1) is 0 Å². The van der Waals surface area contributed by atoms with Crippen LogP contribution in [-0.4, -0.2) is 9.97 Å². The Balaban J connectivity index is 0.000000490. The van der Waals surface area contributed by atoms with Crippen molar-refractivity contribution >= 4 is 24.0 Å². The SMILES string of the molecule is Cl.Clc1cncnc1. The third-order valence-electron chi connectivity index (χ3n) is 0.529. The van der Waals surface area contributed by atoms with Crippen LogP contribution in [0.15, 0.2) is 18.7 Å². The maximum atomic E-state index is 5.41. The second-order valence-corrected chi connectivity index (χ2v) is 1.49. The molecular weight excluding hydrogens is 147 g/mol. The lowest BCUT2D eigenvalue weighted by Crippen LogP contribution is -1.71. The minimum Gasteiger partial charge on any atom is -0.243 e. The number of nitrogens with zero attached hydrogens (tertiary/aromatic N) is 2. The summed E-state index contributed by atoms with van der Waals surface area (Å²) < 4.78 is 0. The van der Waals surface area contributed by atoms with Crippen molar-refractivity contribution in [3.63, 3.8) is 0 Å². The Labute approximate surface area is 58.3 Å². The molecule has 0 fully saturated rings. The molecule has 0 aromatic carbocycles. The van der Waals surface area contributed by atoms with E-state index in [1.54, 1.807) is 0 Å². The normalized spacial score (nSPS) is 7.62. The molecule has 8 heavy (non-hydrogen) atoms. The average Bonchev–Trinajstić information content (AvgIpc) is 1.69. The molecule has 0 aliphatic rings. The van der Waals surface area contributed by atoms with Crippen molar-refractivity contribution in [3.8, 4) is 0 Å². The van der Waals surface area contributed by atoms with E-state index in [0.717, 1.165) is 0 Å². The lowest BCUT2D eigenvalue weighted by atomic mass is 10.7. The van der Waals surface area contributed by atoms with Crippen molar-refractivity contribution in [1.82, 2.24) is 9.97 Å². The fourth-order valence-corrected chi connectivity index (χ4v) is 0.394. The highest BCUT2D eigenvalue weighted by Gasteiger charge is 1.77. The van der Waals surface area contributed by atoms with Crippen LogP contribution in [0.4, 0.5) is 0 Å². The molecule has 0 atom stereocenters. The van der Waals surface area contributed by atoms with Gasteiger partial charge in [-0.25, -0.2) is 9.97 Å². The molecule has 1 aromatic rings. The molecule has 0 unspecified atom stereocenters. The molecule has 0 aliphatic carbocycles. The van der Waals surface area contributed by atoms with Gasteiger partial charge < -0.3 is 0 Å². The Morgan fingerprint density at radius 1 is 1.25 bits per heavy atom. The molecule has 44 valence electrons. The van der Waals surface area contributed by atoms with Crippen LogP contribution in [0.5, 0.6) is 0 Å². The zero-order valence-electron chi connectivity index (χ0n) is 3.91. The van der Waals surface area contributed by atoms with E-state index in [9.17, 15) is 0 Å². The molecule has 4 heteroatoms. The molecule has 0 saturated heterocycles. The van der Waals surface area contributed by atoms with E-state index < -0.39 is 0 Å². The number of halogens is 2. The lowest BCUT2D eigenvalue weighted by molar-refractivity contribution is 1.17. The topological polar surface area (TPSA) is 25.8 Å². The van der Waals surface area contributed by atoms with Crippen molar-refractivity contribution < 1.29 is 0 Å². The minimum absolute atomic E-state index is 0. The molecule has 1 aromatic heterocycles. The van der Waals surface area contributed by atoms with Crippen molar-refractivity contribution in [3.05, 3.63) is 23.7 Å². The standard InChI is InChI=1S/C4H3ClN2.ClH/c5-4-1-6-3-7-2-4;/h1-3H;1H. The summed E-state index contributed by atoms with van der Waals surface area (Å²) in [5.74, 6) is 0. The maximum Gasteiger partial charge on any atom is 0.115 e. The first-order valence-corrected chi connectivity index (χ1v) is 2.18. The molecule has 1 rings (SSSR count). The Morgan fingerprint density at radius 2 is 1.75 bits per heavy atom. The second kappa shape index (κ2) is 3.64. The van der Waals surface area contributed by atoms with Crippen molar-refractivity contribution in [1.29, 1.82) is 0 Å². The van der Waals surface area contributed by atoms with Crippen LogP contribution in [0.1, 0.15) is 0 Å². The molecule has 0 amide bonds. The quantitative estimate of drug-likeness (QED) is 0.562. The predicted octanol–water partition coefficient (Wildman–Crippen LogP) is 1.55. The molecule has 0 bridgehead atoms. The van der Waals surface area contributed by atoms with Gasteiger partial charge in [0.05, 0.1) is 5.02 Å². The molecule has 2 nitrogen and oxygen atoms in total.